The largest absolute Gasteiger partial charge is 0.435 e. The third kappa shape index (κ3) is 451. The molecule has 84 valence electrons. The summed E-state index contributed by atoms with van der Waals surface area (Å²) >= 11 is 0. The zero-order chi connectivity index (χ0) is 8.08. The number of hydrogen-bond donors (Lipinski definition) is 1. The molecule has 12 heavy (non-hydrogen) atoms. The minimum absolute atomic E-state index is 0. The second-order valence-electron chi connectivity index (χ2n) is 1.52. The summed E-state index contributed by atoms with van der Waals surface area (Å²) in [5.41, 5.74) is 0. The molecule has 0 saturated heterocycles. The molecule has 3 N–H and O–H groups in total. The Kier molecular flexibility index (Phi) is 130. The number of hydrogen-bond acceptors (Lipinski definition) is 1. The van der Waals surface area contributed by atoms with Gasteiger partial charge in [-0.2, -0.15) is 0 Å². The Labute approximate surface area is 115 Å². The Hall–Kier alpha value is 1.73. The first kappa shape index (κ1) is 29.2. The quantitative estimate of drug-likeness (QED) is 0.442. The van der Waals surface area contributed by atoms with E-state index in [1.807, 2.05) is 13.1 Å². The average molecular weight is 558 g/mol. The van der Waals surface area contributed by atoms with Crippen LogP contribution >= 0.6 is 0 Å². The fourth-order valence-corrected chi connectivity index (χ4v) is 0. The summed E-state index contributed by atoms with van der Waals surface area (Å²) in [5, 5.41) is 0. The Morgan fingerprint density at radius 1 is 1.33 bits per heavy atom. The molecule has 0 saturated carbocycles. The van der Waals surface area contributed by atoms with Gasteiger partial charge in [-0.15, -0.1) is 0 Å². The van der Waals surface area contributed by atoms with E-state index in [0.717, 1.165) is 0 Å². The van der Waals surface area contributed by atoms with Crippen LogP contribution in [0.1, 0.15) is 16.3 Å². The van der Waals surface area contributed by atoms with E-state index >= 15 is 0 Å². The molecule has 0 aliphatic heterocycles. The summed E-state index contributed by atoms with van der Waals surface area (Å²) in [6.07, 6.45) is 0. The van der Waals surface area contributed by atoms with Gasteiger partial charge in [-0.05, 0) is 13.1 Å². The molecule has 0 rings (SSSR count). The molecule has 0 aromatic heterocycles. The maximum atomic E-state index is 8.33. The van der Waals surface area contributed by atoms with E-state index in [0.29, 0.717) is 0 Å². The van der Waals surface area contributed by atoms with Crippen LogP contribution in [0.25, 0.3) is 0 Å². The van der Waals surface area contributed by atoms with Crippen LogP contribution in [0.2, 0.25) is 26.2 Å². The van der Waals surface area contributed by atoms with Gasteiger partial charge in [0.25, 0.3) is 0 Å². The van der Waals surface area contributed by atoms with E-state index in [1.165, 1.54) is 0 Å². The molecule has 0 spiro atoms. The first-order chi connectivity index (χ1) is 3.73. The van der Waals surface area contributed by atoms with Crippen LogP contribution in [0, 0.1) is 0 Å². The predicted octanol–water partition coefficient (Wildman–Crippen LogP) is 0.902. The third-order valence-corrected chi connectivity index (χ3v) is 0. The van der Waals surface area contributed by atoms with E-state index < -0.39 is 18.4 Å². The zero-order valence-corrected chi connectivity index (χ0v) is 14.9. The van der Waals surface area contributed by atoms with Crippen molar-refractivity contribution < 1.29 is 53.8 Å². The molecular weight excluding hydrogens is 528 g/mol. The van der Waals surface area contributed by atoms with Gasteiger partial charge in [0.05, 0.1) is 0 Å². The summed E-state index contributed by atoms with van der Waals surface area (Å²) in [4.78, 5) is 8.33. The Bertz CT molecular complexity index is 69.1. The van der Waals surface area contributed by atoms with Crippen molar-refractivity contribution in [2.75, 3.05) is 0 Å². The topological polar surface area (TPSA) is 51.7 Å². The van der Waals surface area contributed by atoms with Crippen LogP contribution in [0.4, 0.5) is 0 Å². The molecule has 0 heterocycles. The molecule has 0 fully saturated rings. The van der Waals surface area contributed by atoms with Gasteiger partial charge in [0, 0.05) is 55.5 Å². The first-order valence-corrected chi connectivity index (χ1v) is 7.13. The van der Waals surface area contributed by atoms with Crippen molar-refractivity contribution in [3.63, 3.8) is 0 Å². The molecule has 0 unspecified atom stereocenters. The maximum Gasteiger partial charge on any atom is 0.166 e. The van der Waals surface area contributed by atoms with E-state index in [2.05, 4.69) is 0 Å². The van der Waals surface area contributed by atoms with Crippen LogP contribution in [0.5, 0.6) is 0 Å². The second kappa shape index (κ2) is 53.3. The SMILES string of the molecule is C.C.O.[2H][SiH](C)C.[2H][Si](C)(C)O.[HH].[W].[W]. The van der Waals surface area contributed by atoms with Crippen molar-refractivity contribution >= 4 is 18.4 Å². The van der Waals surface area contributed by atoms with Gasteiger partial charge < -0.3 is 10.3 Å². The molecule has 0 bridgehead atoms. The first-order valence-electron chi connectivity index (χ1n) is 3.46. The molecule has 0 atom stereocenters. The van der Waals surface area contributed by atoms with Crippen LogP contribution in [-0.2, 0) is 42.1 Å². The van der Waals surface area contributed by atoms with Gasteiger partial charge in [0.1, 0.15) is 0 Å². The fraction of sp³-hybridized carbons (Fsp3) is 1.00. The molecule has 0 amide bonds. The predicted molar refractivity (Wildman–Crippen MR) is 60.6 cm³/mol. The van der Waals surface area contributed by atoms with Gasteiger partial charge in [-0.1, -0.05) is 27.9 Å². The van der Waals surface area contributed by atoms with Crippen molar-refractivity contribution in [3.05, 3.63) is 0 Å². The van der Waals surface area contributed by atoms with Gasteiger partial charge in [0.15, 0.2) is 8.97 Å². The Morgan fingerprint density at radius 3 is 1.33 bits per heavy atom. The van der Waals surface area contributed by atoms with Crippen molar-refractivity contribution in [3.8, 4) is 0 Å². The van der Waals surface area contributed by atoms with E-state index in [-0.39, 0.29) is 63.9 Å². The monoisotopic (exact) mass is 558 g/mol. The summed E-state index contributed by atoms with van der Waals surface area (Å²) in [6.45, 7) is 7.04. The molecular formula is C6H28O2Si2W2. The molecule has 0 aromatic carbocycles. The van der Waals surface area contributed by atoms with E-state index in [4.69, 9.17) is 7.27 Å². The Morgan fingerprint density at radius 2 is 1.33 bits per heavy atom. The fourth-order valence-electron chi connectivity index (χ4n) is 0. The summed E-state index contributed by atoms with van der Waals surface area (Å²) in [5.74, 6) is 0. The van der Waals surface area contributed by atoms with Gasteiger partial charge in [-0.25, -0.2) is 0 Å². The standard InChI is InChI=1S/C2H8OSi.C2H8Si.2CH4.H2O.2W.H2/c1-4(2)3;1-3-2;;;;;;/h3-4H,1-2H3;3H2,1-2H3;2*1H4;1H2;;;1H/i4D;3D;;;;;;. The van der Waals surface area contributed by atoms with Crippen molar-refractivity contribution in [2.45, 2.75) is 41.0 Å². The molecule has 0 radical (unpaired) electrons. The smallest absolute Gasteiger partial charge is 0.166 e. The van der Waals surface area contributed by atoms with Crippen LogP contribution in [0.15, 0.2) is 0 Å². The normalized spacial score (nSPS) is 8.17. The summed E-state index contributed by atoms with van der Waals surface area (Å²) < 4.78 is 13.4. The van der Waals surface area contributed by atoms with E-state index in [1.54, 1.807) is 13.1 Å². The molecule has 0 aliphatic carbocycles. The zero-order valence-electron chi connectivity index (χ0n) is 8.84. The number of rotatable bonds is 0. The van der Waals surface area contributed by atoms with Crippen LogP contribution in [0.3, 0.4) is 0 Å². The van der Waals surface area contributed by atoms with Gasteiger partial charge in [-0.3, -0.25) is 0 Å². The van der Waals surface area contributed by atoms with Crippen molar-refractivity contribution in [2.24, 2.45) is 0 Å². The summed E-state index contributed by atoms with van der Waals surface area (Å²) in [6, 6.07) is 0. The summed E-state index contributed by atoms with van der Waals surface area (Å²) in [7, 11) is -3.25. The van der Waals surface area contributed by atoms with Crippen molar-refractivity contribution in [1.82, 2.24) is 0 Å². The molecule has 0 aromatic rings. The van der Waals surface area contributed by atoms with Crippen molar-refractivity contribution in [1.29, 1.82) is 2.47 Å². The average Bonchev–Trinajstić information content (AvgIpc) is 1.19. The Balaban J connectivity index is -0.00000000785. The third-order valence-electron chi connectivity index (χ3n) is 0. The molecule has 2 nitrogen and oxygen atoms in total. The van der Waals surface area contributed by atoms with Crippen LogP contribution in [-0.4, -0.2) is 31.2 Å². The minimum Gasteiger partial charge on any atom is -0.435 e. The second-order valence-corrected chi connectivity index (χ2v) is 4.57. The van der Waals surface area contributed by atoms with Crippen LogP contribution < -0.4 is 0 Å². The maximum absolute atomic E-state index is 8.33. The molecule has 6 heteroatoms. The van der Waals surface area contributed by atoms with Gasteiger partial charge in [0.2, 0.25) is 0 Å². The van der Waals surface area contributed by atoms with Gasteiger partial charge >= 0.3 is 0 Å². The van der Waals surface area contributed by atoms with E-state index in [9.17, 15) is 0 Å². The minimum atomic E-state index is -2.36. The molecule has 0 aliphatic rings.